The van der Waals surface area contributed by atoms with E-state index in [1.165, 1.54) is 28.1 Å². The first kappa shape index (κ1) is 17.2. The molecule has 0 aliphatic heterocycles. The van der Waals surface area contributed by atoms with E-state index in [-0.39, 0.29) is 0 Å². The molecule has 1 heterocycles. The van der Waals surface area contributed by atoms with Gasteiger partial charge < -0.3 is 0 Å². The molecule has 3 rings (SSSR count). The van der Waals surface area contributed by atoms with Crippen LogP contribution in [0.25, 0.3) is 10.4 Å². The Morgan fingerprint density at radius 2 is 1.67 bits per heavy atom. The second-order valence-electron chi connectivity index (χ2n) is 5.59. The van der Waals surface area contributed by atoms with E-state index in [0.717, 1.165) is 33.5 Å². The molecule has 0 aliphatic rings. The number of halogens is 4. The first-order valence-corrected chi connectivity index (χ1v) is 8.95. The molecule has 124 valence electrons. The summed E-state index contributed by atoms with van der Waals surface area (Å²) in [4.78, 5) is 2.16. The van der Waals surface area contributed by atoms with Crippen molar-refractivity contribution in [3.05, 3.63) is 80.6 Å². The number of aryl methyl sites for hydroxylation is 1. The van der Waals surface area contributed by atoms with Gasteiger partial charge in [-0.1, -0.05) is 34.1 Å². The van der Waals surface area contributed by atoms with E-state index < -0.39 is 11.7 Å². The summed E-state index contributed by atoms with van der Waals surface area (Å²) in [5, 5.41) is 0. The maximum absolute atomic E-state index is 12.6. The molecule has 24 heavy (non-hydrogen) atoms. The van der Waals surface area contributed by atoms with Crippen molar-refractivity contribution < 1.29 is 13.2 Å². The highest BCUT2D eigenvalue weighted by Gasteiger charge is 2.30. The van der Waals surface area contributed by atoms with Crippen LogP contribution in [0.2, 0.25) is 0 Å². The predicted octanol–water partition coefficient (Wildman–Crippen LogP) is 7.10. The molecular formula is C19H14BrF3S. The molecule has 0 atom stereocenters. The van der Waals surface area contributed by atoms with Gasteiger partial charge in [-0.2, -0.15) is 13.2 Å². The van der Waals surface area contributed by atoms with Crippen LogP contribution in [0.4, 0.5) is 13.2 Å². The topological polar surface area (TPSA) is 0 Å². The first-order valence-electron chi connectivity index (χ1n) is 7.34. The summed E-state index contributed by atoms with van der Waals surface area (Å²) in [5.74, 6) is 0. The lowest BCUT2D eigenvalue weighted by molar-refractivity contribution is -0.137. The first-order chi connectivity index (χ1) is 11.3. The fourth-order valence-corrected chi connectivity index (χ4v) is 3.91. The van der Waals surface area contributed by atoms with E-state index in [2.05, 4.69) is 35.0 Å². The molecule has 0 fully saturated rings. The fraction of sp³-hybridized carbons (Fsp3) is 0.158. The standard InChI is InChI=1S/C19H14BrF3S/c1-12-2-7-16(20)10-14(12)11-17-8-9-18(24-17)13-3-5-15(6-4-13)19(21,22)23/h2-10H,11H2,1H3. The van der Waals surface area contributed by atoms with Crippen LogP contribution in [-0.4, -0.2) is 0 Å². The average molecular weight is 411 g/mol. The highest BCUT2D eigenvalue weighted by atomic mass is 79.9. The molecule has 0 spiro atoms. The van der Waals surface area contributed by atoms with Gasteiger partial charge in [-0.05, 0) is 60.0 Å². The summed E-state index contributed by atoms with van der Waals surface area (Å²) in [6.07, 6.45) is -3.48. The third-order valence-electron chi connectivity index (χ3n) is 3.83. The van der Waals surface area contributed by atoms with Crippen LogP contribution in [0, 0.1) is 6.92 Å². The second kappa shape index (κ2) is 6.73. The molecule has 0 nitrogen and oxygen atoms in total. The van der Waals surface area contributed by atoms with Gasteiger partial charge in [0.1, 0.15) is 0 Å². The Hall–Kier alpha value is -1.59. The zero-order chi connectivity index (χ0) is 17.3. The normalized spacial score (nSPS) is 11.7. The van der Waals surface area contributed by atoms with Gasteiger partial charge in [-0.25, -0.2) is 0 Å². The third kappa shape index (κ3) is 3.90. The lowest BCUT2D eigenvalue weighted by Gasteiger charge is -2.07. The summed E-state index contributed by atoms with van der Waals surface area (Å²) >= 11 is 5.10. The molecular weight excluding hydrogens is 397 g/mol. The van der Waals surface area contributed by atoms with Gasteiger partial charge in [0.05, 0.1) is 5.56 Å². The van der Waals surface area contributed by atoms with Crippen molar-refractivity contribution in [1.29, 1.82) is 0 Å². The minimum Gasteiger partial charge on any atom is -0.166 e. The molecule has 3 aromatic rings. The number of benzene rings is 2. The molecule has 0 radical (unpaired) electrons. The van der Waals surface area contributed by atoms with Crippen molar-refractivity contribution in [2.24, 2.45) is 0 Å². The predicted molar refractivity (Wildman–Crippen MR) is 96.4 cm³/mol. The number of rotatable bonds is 3. The molecule has 5 heteroatoms. The molecule has 2 aromatic carbocycles. The highest BCUT2D eigenvalue weighted by molar-refractivity contribution is 9.10. The third-order valence-corrected chi connectivity index (χ3v) is 5.46. The van der Waals surface area contributed by atoms with Gasteiger partial charge in [-0.15, -0.1) is 11.3 Å². The Labute approximate surface area is 151 Å². The quantitative estimate of drug-likeness (QED) is 0.431. The van der Waals surface area contributed by atoms with Crippen molar-refractivity contribution in [1.82, 2.24) is 0 Å². The molecule has 0 aliphatic carbocycles. The number of alkyl halides is 3. The summed E-state index contributed by atoms with van der Waals surface area (Å²) < 4.78 is 39.0. The largest absolute Gasteiger partial charge is 0.416 e. The minimum absolute atomic E-state index is 0.618. The van der Waals surface area contributed by atoms with E-state index in [4.69, 9.17) is 0 Å². The van der Waals surface area contributed by atoms with E-state index in [0.29, 0.717) is 0 Å². The van der Waals surface area contributed by atoms with Crippen molar-refractivity contribution in [2.75, 3.05) is 0 Å². The molecule has 0 N–H and O–H groups in total. The molecule has 0 saturated heterocycles. The van der Waals surface area contributed by atoms with Gasteiger partial charge in [0.2, 0.25) is 0 Å². The lowest BCUT2D eigenvalue weighted by Crippen LogP contribution is -2.03. The number of hydrogen-bond donors (Lipinski definition) is 0. The summed E-state index contributed by atoms with van der Waals surface area (Å²) in [6, 6.07) is 15.5. The Bertz CT molecular complexity index is 848. The average Bonchev–Trinajstić information content (AvgIpc) is 2.99. The Kier molecular flexibility index (Phi) is 4.83. The van der Waals surface area contributed by atoms with Crippen LogP contribution in [0.15, 0.2) is 59.1 Å². The van der Waals surface area contributed by atoms with Crippen molar-refractivity contribution in [2.45, 2.75) is 19.5 Å². The van der Waals surface area contributed by atoms with E-state index in [1.54, 1.807) is 11.3 Å². The Morgan fingerprint density at radius 3 is 2.33 bits per heavy atom. The SMILES string of the molecule is Cc1ccc(Br)cc1Cc1ccc(-c2ccc(C(F)(F)F)cc2)s1. The highest BCUT2D eigenvalue weighted by Crippen LogP contribution is 2.34. The Balaban J connectivity index is 1.82. The molecule has 0 saturated carbocycles. The van der Waals surface area contributed by atoms with Gasteiger partial charge in [0, 0.05) is 20.6 Å². The van der Waals surface area contributed by atoms with Gasteiger partial charge in [0.15, 0.2) is 0 Å². The second-order valence-corrected chi connectivity index (χ2v) is 7.67. The summed E-state index contributed by atoms with van der Waals surface area (Å²) in [7, 11) is 0. The zero-order valence-electron chi connectivity index (χ0n) is 12.8. The maximum atomic E-state index is 12.6. The number of thiophene rings is 1. The van der Waals surface area contributed by atoms with E-state index in [9.17, 15) is 13.2 Å². The smallest absolute Gasteiger partial charge is 0.166 e. The van der Waals surface area contributed by atoms with Crippen molar-refractivity contribution in [3.8, 4) is 10.4 Å². The zero-order valence-corrected chi connectivity index (χ0v) is 15.2. The van der Waals surface area contributed by atoms with Gasteiger partial charge in [-0.3, -0.25) is 0 Å². The van der Waals surface area contributed by atoms with E-state index in [1.807, 2.05) is 18.2 Å². The summed E-state index contributed by atoms with van der Waals surface area (Å²) in [6.45, 7) is 2.08. The van der Waals surface area contributed by atoms with Crippen LogP contribution < -0.4 is 0 Å². The molecule has 1 aromatic heterocycles. The minimum atomic E-state index is -4.29. The number of hydrogen-bond acceptors (Lipinski definition) is 1. The van der Waals surface area contributed by atoms with Gasteiger partial charge >= 0.3 is 6.18 Å². The van der Waals surface area contributed by atoms with Crippen molar-refractivity contribution in [3.63, 3.8) is 0 Å². The maximum Gasteiger partial charge on any atom is 0.416 e. The molecule has 0 amide bonds. The van der Waals surface area contributed by atoms with Crippen LogP contribution in [0.1, 0.15) is 21.6 Å². The monoisotopic (exact) mass is 410 g/mol. The fourth-order valence-electron chi connectivity index (χ4n) is 2.47. The van der Waals surface area contributed by atoms with Gasteiger partial charge in [0.25, 0.3) is 0 Å². The van der Waals surface area contributed by atoms with Crippen LogP contribution >= 0.6 is 27.3 Å². The van der Waals surface area contributed by atoms with Crippen LogP contribution in [-0.2, 0) is 12.6 Å². The molecule has 0 unspecified atom stereocenters. The summed E-state index contributed by atoms with van der Waals surface area (Å²) in [5.41, 5.74) is 2.66. The van der Waals surface area contributed by atoms with E-state index >= 15 is 0 Å². The molecule has 0 bridgehead atoms. The van der Waals surface area contributed by atoms with Crippen LogP contribution in [0.5, 0.6) is 0 Å². The van der Waals surface area contributed by atoms with Crippen molar-refractivity contribution >= 4 is 27.3 Å². The van der Waals surface area contributed by atoms with Crippen LogP contribution in [0.3, 0.4) is 0 Å². The lowest BCUT2D eigenvalue weighted by atomic mass is 10.1. The Morgan fingerprint density at radius 1 is 0.958 bits per heavy atom.